The highest BCUT2D eigenvalue weighted by Gasteiger charge is 2.20. The van der Waals surface area contributed by atoms with Gasteiger partial charge in [-0.2, -0.15) is 0 Å². The highest BCUT2D eigenvalue weighted by Crippen LogP contribution is 2.37. The fourth-order valence-corrected chi connectivity index (χ4v) is 2.07. The van der Waals surface area contributed by atoms with E-state index in [0.717, 1.165) is 0 Å². The topological polar surface area (TPSA) is 96.9 Å². The molecule has 0 aliphatic rings. The standard InChI is InChI=1S/C13H17BrN2O5/c1-7(12(18)16-13(19)15-2)21-11-9(14)4-8(6-17)5-10(11)20-3/h4-5,7,17H,6H2,1-3H3,(H2,15,16,18,19). The molecule has 0 aliphatic carbocycles. The Balaban J connectivity index is 2.91. The van der Waals surface area contributed by atoms with E-state index in [1.54, 1.807) is 12.1 Å². The largest absolute Gasteiger partial charge is 0.493 e. The van der Waals surface area contributed by atoms with Crippen molar-refractivity contribution in [2.45, 2.75) is 19.6 Å². The van der Waals surface area contributed by atoms with Gasteiger partial charge in [0, 0.05) is 7.05 Å². The summed E-state index contributed by atoms with van der Waals surface area (Å²) < 4.78 is 11.2. The number of hydrogen-bond donors (Lipinski definition) is 3. The van der Waals surface area contributed by atoms with Crippen LogP contribution in [-0.4, -0.2) is 37.3 Å². The lowest BCUT2D eigenvalue weighted by atomic mass is 10.2. The average Bonchev–Trinajstić information content (AvgIpc) is 2.48. The number of nitrogens with one attached hydrogen (secondary N) is 2. The van der Waals surface area contributed by atoms with Gasteiger partial charge in [0.05, 0.1) is 18.2 Å². The number of halogens is 1. The molecular formula is C13H17BrN2O5. The lowest BCUT2D eigenvalue weighted by molar-refractivity contribution is -0.126. The molecular weight excluding hydrogens is 344 g/mol. The van der Waals surface area contributed by atoms with Crippen LogP contribution in [-0.2, 0) is 11.4 Å². The van der Waals surface area contributed by atoms with E-state index in [9.17, 15) is 9.59 Å². The van der Waals surface area contributed by atoms with Crippen molar-refractivity contribution in [2.75, 3.05) is 14.2 Å². The first-order valence-electron chi connectivity index (χ1n) is 6.09. The van der Waals surface area contributed by atoms with Gasteiger partial charge in [0.15, 0.2) is 17.6 Å². The Morgan fingerprint density at radius 3 is 2.62 bits per heavy atom. The third-order valence-corrected chi connectivity index (χ3v) is 3.19. The number of hydrogen-bond acceptors (Lipinski definition) is 5. The normalized spacial score (nSPS) is 11.5. The highest BCUT2D eigenvalue weighted by molar-refractivity contribution is 9.10. The summed E-state index contributed by atoms with van der Waals surface area (Å²) in [6.07, 6.45) is -0.910. The Morgan fingerprint density at radius 1 is 1.43 bits per heavy atom. The van der Waals surface area contributed by atoms with Gasteiger partial charge in [0.1, 0.15) is 0 Å². The van der Waals surface area contributed by atoms with Gasteiger partial charge in [-0.05, 0) is 40.5 Å². The number of aliphatic hydroxyl groups is 1. The van der Waals surface area contributed by atoms with E-state index in [1.807, 2.05) is 0 Å². The van der Waals surface area contributed by atoms with Gasteiger partial charge >= 0.3 is 6.03 Å². The fraction of sp³-hybridized carbons (Fsp3) is 0.385. The molecule has 1 rings (SSSR count). The molecule has 0 aliphatic heterocycles. The summed E-state index contributed by atoms with van der Waals surface area (Å²) in [5.41, 5.74) is 0.633. The van der Waals surface area contributed by atoms with Crippen molar-refractivity contribution in [2.24, 2.45) is 0 Å². The number of benzene rings is 1. The van der Waals surface area contributed by atoms with Crippen LogP contribution >= 0.6 is 15.9 Å². The molecule has 0 heterocycles. The van der Waals surface area contributed by atoms with Gasteiger partial charge in [-0.15, -0.1) is 0 Å². The zero-order valence-electron chi connectivity index (χ0n) is 11.9. The van der Waals surface area contributed by atoms with Gasteiger partial charge in [-0.3, -0.25) is 10.1 Å². The highest BCUT2D eigenvalue weighted by atomic mass is 79.9. The smallest absolute Gasteiger partial charge is 0.321 e. The summed E-state index contributed by atoms with van der Waals surface area (Å²) in [7, 11) is 2.85. The Morgan fingerprint density at radius 2 is 2.10 bits per heavy atom. The van der Waals surface area contributed by atoms with E-state index >= 15 is 0 Å². The number of carbonyl (C=O) groups excluding carboxylic acids is 2. The van der Waals surface area contributed by atoms with Crippen LogP contribution in [0.5, 0.6) is 11.5 Å². The number of imide groups is 1. The number of rotatable bonds is 5. The summed E-state index contributed by atoms with van der Waals surface area (Å²) in [4.78, 5) is 22.8. The first-order chi connectivity index (χ1) is 9.92. The zero-order valence-corrected chi connectivity index (χ0v) is 13.5. The zero-order chi connectivity index (χ0) is 16.0. The van der Waals surface area contributed by atoms with Crippen LogP contribution in [0.25, 0.3) is 0 Å². The molecule has 1 aromatic rings. The maximum absolute atomic E-state index is 11.8. The molecule has 0 saturated heterocycles. The Hall–Kier alpha value is -1.80. The Bertz CT molecular complexity index is 536. The molecule has 0 fully saturated rings. The summed E-state index contributed by atoms with van der Waals surface area (Å²) in [6.45, 7) is 1.35. The number of aliphatic hydroxyl groups excluding tert-OH is 1. The second-order valence-corrected chi connectivity index (χ2v) is 4.95. The minimum absolute atomic E-state index is 0.151. The van der Waals surface area contributed by atoms with Crippen molar-refractivity contribution in [3.8, 4) is 11.5 Å². The van der Waals surface area contributed by atoms with Gasteiger partial charge in [0.25, 0.3) is 5.91 Å². The molecule has 116 valence electrons. The summed E-state index contributed by atoms with van der Waals surface area (Å²) in [5.74, 6) is 0.0943. The maximum Gasteiger partial charge on any atom is 0.321 e. The van der Waals surface area contributed by atoms with Crippen LogP contribution in [0.4, 0.5) is 4.79 Å². The second-order valence-electron chi connectivity index (χ2n) is 4.10. The minimum Gasteiger partial charge on any atom is -0.493 e. The lowest BCUT2D eigenvalue weighted by Crippen LogP contribution is -2.44. The summed E-state index contributed by atoms with van der Waals surface area (Å²) >= 11 is 3.29. The molecule has 3 amide bonds. The fourth-order valence-electron chi connectivity index (χ4n) is 1.49. The first kappa shape index (κ1) is 17.3. The average molecular weight is 361 g/mol. The van der Waals surface area contributed by atoms with E-state index in [1.165, 1.54) is 21.1 Å². The molecule has 21 heavy (non-hydrogen) atoms. The molecule has 0 saturated carbocycles. The second kappa shape index (κ2) is 7.84. The molecule has 1 atom stereocenters. The lowest BCUT2D eigenvalue weighted by Gasteiger charge is -2.18. The van der Waals surface area contributed by atoms with E-state index in [0.29, 0.717) is 21.5 Å². The summed E-state index contributed by atoms with van der Waals surface area (Å²) in [5, 5.41) is 13.5. The number of carbonyl (C=O) groups is 2. The SMILES string of the molecule is CNC(=O)NC(=O)C(C)Oc1c(Br)cc(CO)cc1OC. The molecule has 0 aromatic heterocycles. The van der Waals surface area contributed by atoms with Crippen molar-refractivity contribution in [3.05, 3.63) is 22.2 Å². The molecule has 1 aromatic carbocycles. The van der Waals surface area contributed by atoms with Crippen molar-refractivity contribution < 1.29 is 24.2 Å². The molecule has 3 N–H and O–H groups in total. The third kappa shape index (κ3) is 4.61. The van der Waals surface area contributed by atoms with Crippen LogP contribution in [0.2, 0.25) is 0 Å². The first-order valence-corrected chi connectivity index (χ1v) is 6.88. The Kier molecular flexibility index (Phi) is 6.44. The van der Waals surface area contributed by atoms with Crippen LogP contribution < -0.4 is 20.1 Å². The van der Waals surface area contributed by atoms with E-state index in [-0.39, 0.29) is 6.61 Å². The molecule has 0 bridgehead atoms. The number of amides is 3. The maximum atomic E-state index is 11.8. The number of urea groups is 1. The van der Waals surface area contributed by atoms with Crippen LogP contribution in [0.15, 0.2) is 16.6 Å². The van der Waals surface area contributed by atoms with Gasteiger partial charge in [0.2, 0.25) is 0 Å². The third-order valence-electron chi connectivity index (χ3n) is 2.60. The van der Waals surface area contributed by atoms with Gasteiger partial charge in [-0.1, -0.05) is 0 Å². The summed E-state index contributed by atoms with van der Waals surface area (Å²) in [6, 6.07) is 2.64. The van der Waals surface area contributed by atoms with Crippen molar-refractivity contribution >= 4 is 27.9 Å². The molecule has 0 radical (unpaired) electrons. The van der Waals surface area contributed by atoms with Crippen LogP contribution in [0.1, 0.15) is 12.5 Å². The monoisotopic (exact) mass is 360 g/mol. The Labute approximate surface area is 130 Å². The number of ether oxygens (including phenoxy) is 2. The van der Waals surface area contributed by atoms with E-state index in [2.05, 4.69) is 26.6 Å². The quantitative estimate of drug-likeness (QED) is 0.732. The van der Waals surface area contributed by atoms with Crippen molar-refractivity contribution in [1.82, 2.24) is 10.6 Å². The van der Waals surface area contributed by atoms with Crippen LogP contribution in [0, 0.1) is 0 Å². The minimum atomic E-state index is -0.910. The van der Waals surface area contributed by atoms with Crippen molar-refractivity contribution in [3.63, 3.8) is 0 Å². The molecule has 1 unspecified atom stereocenters. The van der Waals surface area contributed by atoms with Crippen LogP contribution in [0.3, 0.4) is 0 Å². The number of methoxy groups -OCH3 is 1. The van der Waals surface area contributed by atoms with Gasteiger partial charge in [-0.25, -0.2) is 4.79 Å². The molecule has 7 nitrogen and oxygen atoms in total. The van der Waals surface area contributed by atoms with E-state index in [4.69, 9.17) is 14.6 Å². The predicted molar refractivity (Wildman–Crippen MR) is 79.3 cm³/mol. The molecule has 0 spiro atoms. The van der Waals surface area contributed by atoms with E-state index < -0.39 is 18.0 Å². The predicted octanol–water partition coefficient (Wildman–Crippen LogP) is 1.17. The molecule has 8 heteroatoms. The van der Waals surface area contributed by atoms with Gasteiger partial charge < -0.3 is 19.9 Å². The van der Waals surface area contributed by atoms with Crippen molar-refractivity contribution in [1.29, 1.82) is 0 Å².